The Morgan fingerprint density at radius 2 is 2.50 bits per heavy atom. The van der Waals surface area contributed by atoms with Gasteiger partial charge in [0.1, 0.15) is 0 Å². The summed E-state index contributed by atoms with van der Waals surface area (Å²) in [7, 11) is 0. The van der Waals surface area contributed by atoms with E-state index in [1.165, 1.54) is 0 Å². The normalized spacial score (nSPS) is 18.9. The number of carboxylic acid groups (broad SMARTS) is 1. The highest BCUT2D eigenvalue weighted by Crippen LogP contribution is 2.34. The monoisotopic (exact) mass is 196 g/mol. The molecule has 2 heterocycles. The van der Waals surface area contributed by atoms with Crippen LogP contribution >= 0.6 is 0 Å². The minimum atomic E-state index is -1.00. The van der Waals surface area contributed by atoms with Crippen molar-refractivity contribution in [3.8, 4) is 0 Å². The van der Waals surface area contributed by atoms with Gasteiger partial charge in [0.25, 0.3) is 0 Å². The summed E-state index contributed by atoms with van der Waals surface area (Å²) in [5.41, 5.74) is 0.893. The fraction of sp³-hybridized carbons (Fsp3) is 0.556. The van der Waals surface area contributed by atoms with Crippen LogP contribution in [0.3, 0.4) is 0 Å². The summed E-state index contributed by atoms with van der Waals surface area (Å²) in [6.07, 6.45) is 0.925. The van der Waals surface area contributed by atoms with Gasteiger partial charge < -0.3 is 9.84 Å². The van der Waals surface area contributed by atoms with Gasteiger partial charge in [-0.3, -0.25) is 5.10 Å². The van der Waals surface area contributed by atoms with Crippen molar-refractivity contribution in [2.75, 3.05) is 13.2 Å². The van der Waals surface area contributed by atoms with Crippen molar-refractivity contribution in [3.63, 3.8) is 0 Å². The van der Waals surface area contributed by atoms with E-state index >= 15 is 0 Å². The predicted octanol–water partition coefficient (Wildman–Crippen LogP) is 0.786. The lowest BCUT2D eigenvalue weighted by Gasteiger charge is -2.39. The average Bonchev–Trinajstić information content (AvgIpc) is 2.52. The van der Waals surface area contributed by atoms with Gasteiger partial charge in [0.2, 0.25) is 0 Å². The number of aromatic nitrogens is 2. The molecule has 5 nitrogen and oxygen atoms in total. The minimum Gasteiger partial charge on any atom is -0.476 e. The van der Waals surface area contributed by atoms with Gasteiger partial charge >= 0.3 is 5.97 Å². The Kier molecular flexibility index (Phi) is 2.03. The summed E-state index contributed by atoms with van der Waals surface area (Å²) < 4.78 is 5.16. The molecule has 0 radical (unpaired) electrons. The third-order valence-electron chi connectivity index (χ3n) is 2.80. The van der Waals surface area contributed by atoms with E-state index in [9.17, 15) is 4.79 Å². The Balaban J connectivity index is 2.27. The Labute approximate surface area is 81.1 Å². The van der Waals surface area contributed by atoms with Crippen LogP contribution in [0.15, 0.2) is 6.07 Å². The van der Waals surface area contributed by atoms with Gasteiger partial charge in [-0.05, 0) is 12.5 Å². The van der Waals surface area contributed by atoms with E-state index in [2.05, 4.69) is 17.1 Å². The molecule has 1 aliphatic heterocycles. The van der Waals surface area contributed by atoms with Crippen molar-refractivity contribution >= 4 is 5.97 Å². The van der Waals surface area contributed by atoms with Crippen molar-refractivity contribution < 1.29 is 14.6 Å². The maximum atomic E-state index is 10.6. The summed E-state index contributed by atoms with van der Waals surface area (Å²) in [5.74, 6) is -1.00. The van der Waals surface area contributed by atoms with Crippen molar-refractivity contribution in [3.05, 3.63) is 17.5 Å². The van der Waals surface area contributed by atoms with Crippen LogP contribution in [0.4, 0.5) is 0 Å². The number of carbonyl (C=O) groups is 1. The van der Waals surface area contributed by atoms with E-state index in [-0.39, 0.29) is 11.1 Å². The summed E-state index contributed by atoms with van der Waals surface area (Å²) in [5, 5.41) is 15.2. The number of carboxylic acids is 1. The number of hydrogen-bond donors (Lipinski definition) is 2. The lowest BCUT2D eigenvalue weighted by molar-refractivity contribution is -0.0641. The second-order valence-electron chi connectivity index (χ2n) is 3.60. The second kappa shape index (κ2) is 3.09. The highest BCUT2D eigenvalue weighted by Gasteiger charge is 2.40. The number of aromatic amines is 1. The van der Waals surface area contributed by atoms with Crippen LogP contribution in [0.2, 0.25) is 0 Å². The number of nitrogens with zero attached hydrogens (tertiary/aromatic N) is 1. The maximum absolute atomic E-state index is 10.6. The smallest absolute Gasteiger partial charge is 0.356 e. The lowest BCUT2D eigenvalue weighted by atomic mass is 9.80. The van der Waals surface area contributed by atoms with Crippen LogP contribution in [-0.4, -0.2) is 34.5 Å². The van der Waals surface area contributed by atoms with Crippen LogP contribution in [0.5, 0.6) is 0 Å². The van der Waals surface area contributed by atoms with E-state index in [0.717, 1.165) is 12.1 Å². The highest BCUT2D eigenvalue weighted by atomic mass is 16.5. The molecule has 0 amide bonds. The van der Waals surface area contributed by atoms with E-state index < -0.39 is 5.97 Å². The molecule has 1 fully saturated rings. The van der Waals surface area contributed by atoms with Gasteiger partial charge in [0, 0.05) is 5.69 Å². The number of aromatic carboxylic acids is 1. The zero-order chi connectivity index (χ0) is 10.2. The Hall–Kier alpha value is -1.36. The molecular weight excluding hydrogens is 184 g/mol. The lowest BCUT2D eigenvalue weighted by Crippen LogP contribution is -2.46. The Morgan fingerprint density at radius 1 is 1.79 bits per heavy atom. The minimum absolute atomic E-state index is 0.0410. The maximum Gasteiger partial charge on any atom is 0.356 e. The SMILES string of the molecule is CCC1(c2cc(C(=O)O)n[nH]2)COC1. The Morgan fingerprint density at radius 3 is 2.86 bits per heavy atom. The Bertz CT molecular complexity index is 349. The molecule has 5 heteroatoms. The number of hydrogen-bond acceptors (Lipinski definition) is 3. The van der Waals surface area contributed by atoms with Crippen LogP contribution in [-0.2, 0) is 10.2 Å². The first-order valence-corrected chi connectivity index (χ1v) is 4.55. The summed E-state index contributed by atoms with van der Waals surface area (Å²) in [6, 6.07) is 1.59. The quantitative estimate of drug-likeness (QED) is 0.749. The molecule has 0 spiro atoms. The van der Waals surface area contributed by atoms with Crippen molar-refractivity contribution in [2.45, 2.75) is 18.8 Å². The predicted molar refractivity (Wildman–Crippen MR) is 48.3 cm³/mol. The first-order chi connectivity index (χ1) is 6.68. The zero-order valence-corrected chi connectivity index (χ0v) is 7.91. The molecule has 1 aromatic heterocycles. The molecule has 1 aliphatic rings. The molecule has 0 saturated carbocycles. The van der Waals surface area contributed by atoms with Gasteiger partial charge in [-0.15, -0.1) is 0 Å². The third-order valence-corrected chi connectivity index (χ3v) is 2.80. The number of rotatable bonds is 3. The molecule has 1 saturated heterocycles. The fourth-order valence-electron chi connectivity index (χ4n) is 1.60. The first kappa shape index (κ1) is 9.21. The topological polar surface area (TPSA) is 75.2 Å². The zero-order valence-electron chi connectivity index (χ0n) is 7.91. The van der Waals surface area contributed by atoms with Crippen LogP contribution < -0.4 is 0 Å². The molecule has 0 aliphatic carbocycles. The third kappa shape index (κ3) is 1.21. The number of nitrogens with one attached hydrogen (secondary N) is 1. The molecule has 0 aromatic carbocycles. The highest BCUT2D eigenvalue weighted by molar-refractivity contribution is 5.85. The van der Waals surface area contributed by atoms with Crippen LogP contribution in [0.1, 0.15) is 29.5 Å². The van der Waals surface area contributed by atoms with Gasteiger partial charge in [-0.1, -0.05) is 6.92 Å². The summed E-state index contributed by atoms with van der Waals surface area (Å²) in [6.45, 7) is 3.35. The summed E-state index contributed by atoms with van der Waals surface area (Å²) >= 11 is 0. The van der Waals surface area contributed by atoms with Crippen molar-refractivity contribution in [1.29, 1.82) is 0 Å². The molecule has 0 bridgehead atoms. The molecule has 2 rings (SSSR count). The number of H-pyrrole nitrogens is 1. The van der Waals surface area contributed by atoms with E-state index in [1.807, 2.05) is 0 Å². The second-order valence-corrected chi connectivity index (χ2v) is 3.60. The van der Waals surface area contributed by atoms with Gasteiger partial charge in [-0.2, -0.15) is 5.10 Å². The van der Waals surface area contributed by atoms with Crippen LogP contribution in [0, 0.1) is 0 Å². The first-order valence-electron chi connectivity index (χ1n) is 4.55. The molecular formula is C9H12N2O3. The van der Waals surface area contributed by atoms with Crippen molar-refractivity contribution in [1.82, 2.24) is 10.2 Å². The number of ether oxygens (including phenoxy) is 1. The van der Waals surface area contributed by atoms with Crippen molar-refractivity contribution in [2.24, 2.45) is 0 Å². The van der Waals surface area contributed by atoms with E-state index in [4.69, 9.17) is 9.84 Å². The molecule has 1 aromatic rings. The fourth-order valence-corrected chi connectivity index (χ4v) is 1.60. The van der Waals surface area contributed by atoms with E-state index in [1.54, 1.807) is 6.07 Å². The average molecular weight is 196 g/mol. The van der Waals surface area contributed by atoms with Crippen LogP contribution in [0.25, 0.3) is 0 Å². The van der Waals surface area contributed by atoms with E-state index in [0.29, 0.717) is 13.2 Å². The van der Waals surface area contributed by atoms with Gasteiger partial charge in [0.05, 0.1) is 18.6 Å². The molecule has 14 heavy (non-hydrogen) atoms. The molecule has 2 N–H and O–H groups in total. The molecule has 0 atom stereocenters. The molecule has 76 valence electrons. The van der Waals surface area contributed by atoms with Gasteiger partial charge in [0.15, 0.2) is 5.69 Å². The molecule has 0 unspecified atom stereocenters. The summed E-state index contributed by atoms with van der Waals surface area (Å²) in [4.78, 5) is 10.6. The standard InChI is InChI=1S/C9H12N2O3/c1-2-9(4-14-5-9)7-3-6(8(12)13)10-11-7/h3H,2,4-5H2,1H3,(H,10,11)(H,12,13). The van der Waals surface area contributed by atoms with Gasteiger partial charge in [-0.25, -0.2) is 4.79 Å². The largest absolute Gasteiger partial charge is 0.476 e.